The molecule has 0 bridgehead atoms. The molecule has 1 aliphatic rings. The third-order valence-electron chi connectivity index (χ3n) is 3.56. The fraction of sp³-hybridized carbons (Fsp3) is 0.250. The Morgan fingerprint density at radius 3 is 2.40 bits per heavy atom. The molecule has 0 amide bonds. The second kappa shape index (κ2) is 8.06. The number of anilines is 2. The minimum atomic E-state index is -3.65. The molecule has 3 rings (SSSR count). The quantitative estimate of drug-likeness (QED) is 0.611. The number of para-hydroxylation sites is 2. The van der Waals surface area contributed by atoms with Crippen LogP contribution in [0.15, 0.2) is 64.9 Å². The van der Waals surface area contributed by atoms with Crippen molar-refractivity contribution >= 4 is 27.3 Å². The van der Waals surface area contributed by atoms with Gasteiger partial charge in [0, 0.05) is 13.1 Å². The highest BCUT2D eigenvalue weighted by molar-refractivity contribution is 7.90. The van der Waals surface area contributed by atoms with Gasteiger partial charge in [0.05, 0.1) is 24.6 Å². The zero-order chi connectivity index (χ0) is 17.5. The standard InChI is InChI=1S/C16H19N5O3S/c22-25(23,21-10-12-24-13-11-21)19-16-9-5-4-8-15(16)18-20-17-14-6-2-1-3-7-14/h1-9,19H,10-13H2,(H,17,18). The molecule has 0 atom stereocenters. The van der Waals surface area contributed by atoms with Crippen LogP contribution in [0.25, 0.3) is 0 Å². The van der Waals surface area contributed by atoms with Crippen molar-refractivity contribution in [3.05, 3.63) is 54.6 Å². The summed E-state index contributed by atoms with van der Waals surface area (Å²) in [6.45, 7) is 1.44. The SMILES string of the molecule is O=S(=O)(Nc1ccccc1N=NNc1ccccc1)N1CCOCC1. The Bertz CT molecular complexity index is 821. The number of hydrogen-bond acceptors (Lipinski definition) is 5. The molecule has 0 radical (unpaired) electrons. The van der Waals surface area contributed by atoms with Crippen LogP contribution >= 0.6 is 0 Å². The van der Waals surface area contributed by atoms with Crippen LogP contribution in [0.1, 0.15) is 0 Å². The lowest BCUT2D eigenvalue weighted by molar-refractivity contribution is 0.0733. The Morgan fingerprint density at radius 1 is 0.960 bits per heavy atom. The molecule has 0 unspecified atom stereocenters. The number of hydrogen-bond donors (Lipinski definition) is 2. The minimum Gasteiger partial charge on any atom is -0.379 e. The lowest BCUT2D eigenvalue weighted by Gasteiger charge is -2.26. The first-order chi connectivity index (χ1) is 12.1. The molecule has 1 fully saturated rings. The van der Waals surface area contributed by atoms with Crippen LogP contribution in [-0.4, -0.2) is 39.0 Å². The predicted octanol–water partition coefficient (Wildman–Crippen LogP) is 2.79. The summed E-state index contributed by atoms with van der Waals surface area (Å²) in [6, 6.07) is 16.2. The monoisotopic (exact) mass is 361 g/mol. The van der Waals surface area contributed by atoms with Gasteiger partial charge in [-0.3, -0.25) is 10.1 Å². The van der Waals surface area contributed by atoms with Gasteiger partial charge in [-0.05, 0) is 24.3 Å². The van der Waals surface area contributed by atoms with Crippen LogP contribution in [0.4, 0.5) is 17.1 Å². The maximum Gasteiger partial charge on any atom is 0.301 e. The maximum atomic E-state index is 12.5. The van der Waals surface area contributed by atoms with E-state index in [2.05, 4.69) is 20.5 Å². The van der Waals surface area contributed by atoms with Crippen LogP contribution in [0.2, 0.25) is 0 Å². The molecule has 1 heterocycles. The summed E-state index contributed by atoms with van der Waals surface area (Å²) in [5.74, 6) is 0. The van der Waals surface area contributed by atoms with Gasteiger partial charge in [0.2, 0.25) is 0 Å². The number of nitrogens with zero attached hydrogens (tertiary/aromatic N) is 3. The van der Waals surface area contributed by atoms with Crippen molar-refractivity contribution in [2.24, 2.45) is 10.3 Å². The second-order valence-corrected chi connectivity index (χ2v) is 6.98. The topological polar surface area (TPSA) is 95.4 Å². The molecule has 1 saturated heterocycles. The summed E-state index contributed by atoms with van der Waals surface area (Å²) in [5, 5.41) is 8.00. The summed E-state index contributed by atoms with van der Waals surface area (Å²) >= 11 is 0. The molecule has 0 saturated carbocycles. The summed E-state index contributed by atoms with van der Waals surface area (Å²) in [6.07, 6.45) is 0. The molecule has 9 heteroatoms. The molecule has 2 aromatic carbocycles. The first-order valence-electron chi connectivity index (χ1n) is 7.82. The average molecular weight is 361 g/mol. The van der Waals surface area contributed by atoms with Crippen LogP contribution in [-0.2, 0) is 14.9 Å². The Hall–Kier alpha value is -2.49. The molecule has 132 valence electrons. The van der Waals surface area contributed by atoms with Gasteiger partial charge in [-0.1, -0.05) is 35.6 Å². The smallest absolute Gasteiger partial charge is 0.301 e. The zero-order valence-corrected chi connectivity index (χ0v) is 14.3. The zero-order valence-electron chi connectivity index (χ0n) is 13.5. The van der Waals surface area contributed by atoms with E-state index in [0.29, 0.717) is 37.7 Å². The van der Waals surface area contributed by atoms with Crippen LogP contribution < -0.4 is 10.1 Å². The Labute approximate surface area is 146 Å². The van der Waals surface area contributed by atoms with E-state index >= 15 is 0 Å². The van der Waals surface area contributed by atoms with Crippen molar-refractivity contribution in [2.75, 3.05) is 36.5 Å². The van der Waals surface area contributed by atoms with Gasteiger partial charge in [-0.25, -0.2) is 0 Å². The Morgan fingerprint density at radius 2 is 1.64 bits per heavy atom. The van der Waals surface area contributed by atoms with Crippen molar-refractivity contribution in [3.8, 4) is 0 Å². The summed E-state index contributed by atoms with van der Waals surface area (Å²) < 4.78 is 34.1. The highest BCUT2D eigenvalue weighted by Crippen LogP contribution is 2.26. The largest absolute Gasteiger partial charge is 0.379 e. The second-order valence-electron chi connectivity index (χ2n) is 5.31. The lowest BCUT2D eigenvalue weighted by Crippen LogP contribution is -2.43. The third-order valence-corrected chi connectivity index (χ3v) is 5.09. The fourth-order valence-electron chi connectivity index (χ4n) is 2.29. The van der Waals surface area contributed by atoms with Gasteiger partial charge in [0.15, 0.2) is 0 Å². The predicted molar refractivity (Wildman–Crippen MR) is 96.0 cm³/mol. The van der Waals surface area contributed by atoms with Crippen molar-refractivity contribution in [1.29, 1.82) is 0 Å². The van der Waals surface area contributed by atoms with Gasteiger partial charge in [-0.2, -0.15) is 12.7 Å². The van der Waals surface area contributed by atoms with Gasteiger partial charge in [0.1, 0.15) is 5.69 Å². The maximum absolute atomic E-state index is 12.5. The van der Waals surface area contributed by atoms with Crippen LogP contribution in [0, 0.1) is 0 Å². The van der Waals surface area contributed by atoms with E-state index in [4.69, 9.17) is 4.74 Å². The van der Waals surface area contributed by atoms with E-state index in [1.807, 2.05) is 30.3 Å². The van der Waals surface area contributed by atoms with Gasteiger partial charge < -0.3 is 4.74 Å². The van der Waals surface area contributed by atoms with Crippen molar-refractivity contribution < 1.29 is 13.2 Å². The van der Waals surface area contributed by atoms with Crippen LogP contribution in [0.5, 0.6) is 0 Å². The normalized spacial score (nSPS) is 16.0. The molecule has 0 aliphatic carbocycles. The summed E-state index contributed by atoms with van der Waals surface area (Å²) in [7, 11) is -3.65. The van der Waals surface area contributed by atoms with Crippen molar-refractivity contribution in [2.45, 2.75) is 0 Å². The van der Waals surface area contributed by atoms with Gasteiger partial charge in [-0.15, -0.1) is 5.11 Å². The van der Waals surface area contributed by atoms with E-state index < -0.39 is 10.2 Å². The van der Waals surface area contributed by atoms with E-state index in [0.717, 1.165) is 5.69 Å². The van der Waals surface area contributed by atoms with Gasteiger partial charge >= 0.3 is 10.2 Å². The van der Waals surface area contributed by atoms with E-state index in [1.54, 1.807) is 24.3 Å². The Balaban J connectivity index is 1.72. The van der Waals surface area contributed by atoms with Crippen molar-refractivity contribution in [3.63, 3.8) is 0 Å². The average Bonchev–Trinajstić information content (AvgIpc) is 2.64. The van der Waals surface area contributed by atoms with E-state index in [9.17, 15) is 8.42 Å². The minimum absolute atomic E-state index is 0.328. The fourth-order valence-corrected chi connectivity index (χ4v) is 3.50. The number of ether oxygens (including phenoxy) is 1. The number of benzene rings is 2. The van der Waals surface area contributed by atoms with Crippen LogP contribution in [0.3, 0.4) is 0 Å². The van der Waals surface area contributed by atoms with E-state index in [-0.39, 0.29) is 0 Å². The molecule has 8 nitrogen and oxygen atoms in total. The molecule has 1 aliphatic heterocycles. The summed E-state index contributed by atoms with van der Waals surface area (Å²) in [5.41, 5.74) is 4.38. The van der Waals surface area contributed by atoms with E-state index in [1.165, 1.54) is 4.31 Å². The molecule has 0 spiro atoms. The number of morpholine rings is 1. The molecular formula is C16H19N5O3S. The highest BCUT2D eigenvalue weighted by atomic mass is 32.2. The highest BCUT2D eigenvalue weighted by Gasteiger charge is 2.24. The Kier molecular flexibility index (Phi) is 5.59. The molecule has 0 aromatic heterocycles. The summed E-state index contributed by atoms with van der Waals surface area (Å²) in [4.78, 5) is 0. The first-order valence-corrected chi connectivity index (χ1v) is 9.26. The molecule has 2 aromatic rings. The molecule has 2 N–H and O–H groups in total. The lowest BCUT2D eigenvalue weighted by atomic mass is 10.3. The molecule has 25 heavy (non-hydrogen) atoms. The number of nitrogens with one attached hydrogen (secondary N) is 2. The molecular weight excluding hydrogens is 342 g/mol. The number of rotatable bonds is 6. The van der Waals surface area contributed by atoms with Crippen molar-refractivity contribution in [1.82, 2.24) is 4.31 Å². The van der Waals surface area contributed by atoms with Gasteiger partial charge in [0.25, 0.3) is 0 Å². The first kappa shape index (κ1) is 17.3. The third kappa shape index (κ3) is 4.75.